The van der Waals surface area contributed by atoms with Gasteiger partial charge in [0.05, 0.1) is 11.5 Å². The monoisotopic (exact) mass is 493 g/mol. The van der Waals surface area contributed by atoms with Crippen molar-refractivity contribution in [2.24, 2.45) is 0 Å². The molecule has 10 heteroatoms. The molecular weight excluding hydrogens is 465 g/mol. The van der Waals surface area contributed by atoms with Crippen LogP contribution < -0.4 is 9.57 Å². The van der Waals surface area contributed by atoms with Crippen molar-refractivity contribution in [3.05, 3.63) is 100 Å². The van der Waals surface area contributed by atoms with E-state index in [0.29, 0.717) is 12.2 Å². The van der Waals surface area contributed by atoms with Crippen LogP contribution in [0.25, 0.3) is 0 Å². The van der Waals surface area contributed by atoms with Gasteiger partial charge in [0, 0.05) is 29.1 Å². The summed E-state index contributed by atoms with van der Waals surface area (Å²) in [6, 6.07) is 22.1. The molecule has 1 aliphatic rings. The molecular formula is C25H28N5O4P. The normalized spacial score (nSPS) is 15.5. The summed E-state index contributed by atoms with van der Waals surface area (Å²) in [6.45, 7) is 0.371. The van der Waals surface area contributed by atoms with E-state index in [1.807, 2.05) is 54.6 Å². The predicted molar refractivity (Wildman–Crippen MR) is 137 cm³/mol. The Morgan fingerprint density at radius 3 is 2.03 bits per heavy atom. The van der Waals surface area contributed by atoms with Crippen molar-refractivity contribution in [2.45, 2.75) is 12.6 Å². The second-order valence-corrected chi connectivity index (χ2v) is 11.8. The molecule has 0 spiro atoms. The van der Waals surface area contributed by atoms with Crippen LogP contribution in [0.4, 0.5) is 17.1 Å². The number of nitro groups is 1. The number of amides is 1. The van der Waals surface area contributed by atoms with Crippen molar-refractivity contribution in [1.82, 2.24) is 9.34 Å². The standard InChI is InChI=1S/C25H28N5O4P/c1-26(2)35(34,27(3)4)29(20-14-16-21(17-15-20)30(32)33)24-22-12-8-9-13-23(22)28(25(24)31)18-19-10-6-5-7-11-19/h5-17,24H,18H2,1-4H3. The largest absolute Gasteiger partial charge is 0.311 e. The van der Waals surface area contributed by atoms with Crippen LogP contribution in [-0.2, 0) is 15.9 Å². The minimum absolute atomic E-state index is 0.0814. The van der Waals surface area contributed by atoms with Crippen molar-refractivity contribution in [3.8, 4) is 0 Å². The van der Waals surface area contributed by atoms with Crippen LogP contribution in [-0.4, -0.2) is 48.4 Å². The van der Waals surface area contributed by atoms with Gasteiger partial charge in [-0.15, -0.1) is 0 Å². The van der Waals surface area contributed by atoms with Gasteiger partial charge >= 0.3 is 7.59 Å². The fourth-order valence-electron chi connectivity index (χ4n) is 4.45. The average molecular weight is 494 g/mol. The number of carbonyl (C=O) groups excluding carboxylic acids is 1. The van der Waals surface area contributed by atoms with Crippen LogP contribution in [0.3, 0.4) is 0 Å². The second-order valence-electron chi connectivity index (χ2n) is 8.70. The summed E-state index contributed by atoms with van der Waals surface area (Å²) in [5.41, 5.74) is 2.83. The summed E-state index contributed by atoms with van der Waals surface area (Å²) in [5.74, 6) is -0.211. The van der Waals surface area contributed by atoms with Gasteiger partial charge in [0.1, 0.15) is 6.04 Å². The Hall–Kier alpha value is -3.52. The lowest BCUT2D eigenvalue weighted by atomic mass is 10.1. The molecule has 1 heterocycles. The number of benzene rings is 3. The summed E-state index contributed by atoms with van der Waals surface area (Å²) in [5, 5.41) is 11.2. The Balaban J connectivity index is 1.89. The van der Waals surface area contributed by atoms with Crippen LogP contribution in [0.5, 0.6) is 0 Å². The molecule has 0 saturated heterocycles. The molecule has 0 aliphatic carbocycles. The van der Waals surface area contributed by atoms with Crippen LogP contribution >= 0.6 is 7.59 Å². The topological polar surface area (TPSA) is 90.2 Å². The quantitative estimate of drug-likeness (QED) is 0.250. The van der Waals surface area contributed by atoms with Gasteiger partial charge in [-0.25, -0.2) is 9.34 Å². The Bertz CT molecular complexity index is 1270. The Morgan fingerprint density at radius 2 is 1.46 bits per heavy atom. The molecule has 0 aromatic heterocycles. The first kappa shape index (κ1) is 24.6. The molecule has 0 bridgehead atoms. The van der Waals surface area contributed by atoms with Gasteiger partial charge in [-0.05, 0) is 52.0 Å². The number of nitro benzene ring substituents is 1. The average Bonchev–Trinajstić information content (AvgIpc) is 3.11. The minimum Gasteiger partial charge on any atom is -0.306 e. The van der Waals surface area contributed by atoms with Gasteiger partial charge in [-0.3, -0.25) is 24.1 Å². The van der Waals surface area contributed by atoms with E-state index in [1.165, 1.54) is 12.1 Å². The molecule has 35 heavy (non-hydrogen) atoms. The minimum atomic E-state index is -3.50. The van der Waals surface area contributed by atoms with E-state index in [9.17, 15) is 19.5 Å². The molecule has 9 nitrogen and oxygen atoms in total. The van der Waals surface area contributed by atoms with Crippen LogP contribution in [0.1, 0.15) is 17.2 Å². The first-order chi connectivity index (χ1) is 16.7. The van der Waals surface area contributed by atoms with Gasteiger partial charge in [0.25, 0.3) is 11.6 Å². The number of anilines is 2. The van der Waals surface area contributed by atoms with Crippen molar-refractivity contribution >= 4 is 30.6 Å². The summed E-state index contributed by atoms with van der Waals surface area (Å²) in [6.07, 6.45) is 0. The maximum absolute atomic E-state index is 14.6. The number of non-ortho nitro benzene ring substituents is 1. The third-order valence-corrected chi connectivity index (χ3v) is 9.21. The molecule has 1 aliphatic heterocycles. The third kappa shape index (κ3) is 4.34. The number of hydrogen-bond acceptors (Lipinski definition) is 4. The smallest absolute Gasteiger partial charge is 0.306 e. The van der Waals surface area contributed by atoms with Gasteiger partial charge < -0.3 is 4.90 Å². The molecule has 0 fully saturated rings. The molecule has 4 rings (SSSR count). The zero-order valence-corrected chi connectivity index (χ0v) is 21.0. The molecule has 0 N–H and O–H groups in total. The number of nitrogens with zero attached hydrogens (tertiary/aromatic N) is 5. The highest BCUT2D eigenvalue weighted by Crippen LogP contribution is 2.61. The predicted octanol–water partition coefficient (Wildman–Crippen LogP) is 4.92. The first-order valence-electron chi connectivity index (χ1n) is 11.1. The number of carbonyl (C=O) groups is 1. The van der Waals surface area contributed by atoms with E-state index in [2.05, 4.69) is 0 Å². The van der Waals surface area contributed by atoms with Crippen molar-refractivity contribution < 1.29 is 14.3 Å². The van der Waals surface area contributed by atoms with Crippen LogP contribution in [0.15, 0.2) is 78.9 Å². The Kier molecular flexibility index (Phi) is 6.76. The first-order valence-corrected chi connectivity index (χ1v) is 12.7. The van der Waals surface area contributed by atoms with E-state index in [0.717, 1.165) is 16.8 Å². The highest BCUT2D eigenvalue weighted by molar-refractivity contribution is 7.60. The van der Waals surface area contributed by atoms with Gasteiger partial charge in [-0.1, -0.05) is 48.5 Å². The van der Waals surface area contributed by atoms with Crippen molar-refractivity contribution in [2.75, 3.05) is 37.8 Å². The van der Waals surface area contributed by atoms with Gasteiger partial charge in [-0.2, -0.15) is 0 Å². The Labute approximate surface area is 204 Å². The second kappa shape index (κ2) is 9.62. The molecule has 3 aromatic carbocycles. The molecule has 1 unspecified atom stereocenters. The fourth-order valence-corrected chi connectivity index (χ4v) is 6.89. The molecule has 1 atom stereocenters. The van der Waals surface area contributed by atoms with Gasteiger partial charge in [0.15, 0.2) is 0 Å². The van der Waals surface area contributed by atoms with E-state index in [-0.39, 0.29) is 11.6 Å². The highest BCUT2D eigenvalue weighted by atomic mass is 31.2. The number of rotatable bonds is 8. The maximum Gasteiger partial charge on any atom is 0.311 e. The molecule has 182 valence electrons. The lowest BCUT2D eigenvalue weighted by molar-refractivity contribution is -0.384. The van der Waals surface area contributed by atoms with E-state index in [4.69, 9.17) is 0 Å². The number of fused-ring (bicyclic) bond motifs is 1. The maximum atomic E-state index is 14.6. The molecule has 0 saturated carbocycles. The van der Waals surface area contributed by atoms with Crippen LogP contribution in [0.2, 0.25) is 0 Å². The SMILES string of the molecule is CN(C)P(=O)(N(C)C)N(c1ccc([N+](=O)[O-])cc1)C1C(=O)N(Cc2ccccc2)c2ccccc21. The zero-order valence-electron chi connectivity index (χ0n) is 20.1. The Morgan fingerprint density at radius 1 is 0.886 bits per heavy atom. The number of hydrogen-bond donors (Lipinski definition) is 0. The fraction of sp³-hybridized carbons (Fsp3) is 0.240. The molecule has 0 radical (unpaired) electrons. The third-order valence-electron chi connectivity index (χ3n) is 6.10. The van der Waals surface area contributed by atoms with E-state index in [1.54, 1.807) is 59.2 Å². The van der Waals surface area contributed by atoms with Crippen molar-refractivity contribution in [3.63, 3.8) is 0 Å². The summed E-state index contributed by atoms with van der Waals surface area (Å²) in [7, 11) is 3.30. The molecule has 3 aromatic rings. The lowest BCUT2D eigenvalue weighted by Crippen LogP contribution is -2.41. The summed E-state index contributed by atoms with van der Waals surface area (Å²) < 4.78 is 19.4. The van der Waals surface area contributed by atoms with E-state index < -0.39 is 18.6 Å². The highest BCUT2D eigenvalue weighted by Gasteiger charge is 2.49. The zero-order chi connectivity index (χ0) is 25.3. The van der Waals surface area contributed by atoms with Crippen molar-refractivity contribution in [1.29, 1.82) is 0 Å². The lowest BCUT2D eigenvalue weighted by Gasteiger charge is -2.43. The summed E-state index contributed by atoms with van der Waals surface area (Å²) in [4.78, 5) is 26.5. The number of para-hydroxylation sites is 1. The van der Waals surface area contributed by atoms with E-state index >= 15 is 0 Å². The summed E-state index contributed by atoms with van der Waals surface area (Å²) >= 11 is 0. The van der Waals surface area contributed by atoms with Crippen LogP contribution in [0, 0.1) is 10.1 Å². The van der Waals surface area contributed by atoms with Gasteiger partial charge in [0.2, 0.25) is 0 Å². The molecule has 1 amide bonds.